The first kappa shape index (κ1) is 18.7. The molecular weight excluding hydrogens is 369 g/mol. The number of carbonyl (C=O) groups is 1. The fraction of sp³-hybridized carbons (Fsp3) is 0.562. The number of amides is 2. The van der Waals surface area contributed by atoms with Gasteiger partial charge in [-0.15, -0.1) is 11.3 Å². The number of aryl methyl sites for hydroxylation is 2. The van der Waals surface area contributed by atoms with Crippen LogP contribution in [0.4, 0.5) is 23.7 Å². The number of carbonyl (C=O) groups excluding carboxylic acids is 1. The highest BCUT2D eigenvalue weighted by Crippen LogP contribution is 2.35. The first-order valence-corrected chi connectivity index (χ1v) is 9.21. The van der Waals surface area contributed by atoms with Gasteiger partial charge in [0.1, 0.15) is 11.4 Å². The SMILES string of the molecule is CCc1onc(C)c1NC(=O)N1CCC(c2nc(C(F)(F)F)cs2)CC1. The van der Waals surface area contributed by atoms with Crippen LogP contribution in [0.3, 0.4) is 0 Å². The van der Waals surface area contributed by atoms with Gasteiger partial charge in [-0.25, -0.2) is 9.78 Å². The molecule has 2 aromatic heterocycles. The summed E-state index contributed by atoms with van der Waals surface area (Å²) in [6.07, 6.45) is -2.63. The molecule has 0 radical (unpaired) electrons. The van der Waals surface area contributed by atoms with Gasteiger partial charge < -0.3 is 14.7 Å². The van der Waals surface area contributed by atoms with Crippen LogP contribution in [0.25, 0.3) is 0 Å². The Morgan fingerprint density at radius 3 is 2.69 bits per heavy atom. The van der Waals surface area contributed by atoms with Crippen LogP contribution in [-0.2, 0) is 12.6 Å². The number of rotatable bonds is 3. The van der Waals surface area contributed by atoms with E-state index < -0.39 is 11.9 Å². The van der Waals surface area contributed by atoms with Crippen LogP contribution < -0.4 is 5.32 Å². The maximum atomic E-state index is 12.7. The first-order chi connectivity index (χ1) is 12.3. The Labute approximate surface area is 152 Å². The van der Waals surface area contributed by atoms with E-state index in [1.165, 1.54) is 0 Å². The molecule has 2 aromatic rings. The van der Waals surface area contributed by atoms with Crippen LogP contribution in [0.2, 0.25) is 0 Å². The topological polar surface area (TPSA) is 71.3 Å². The predicted molar refractivity (Wildman–Crippen MR) is 90.3 cm³/mol. The van der Waals surface area contributed by atoms with E-state index in [0.29, 0.717) is 54.5 Å². The average molecular weight is 388 g/mol. The third kappa shape index (κ3) is 3.84. The Morgan fingerprint density at radius 1 is 1.42 bits per heavy atom. The Balaban J connectivity index is 1.59. The Morgan fingerprint density at radius 2 is 2.12 bits per heavy atom. The lowest BCUT2D eigenvalue weighted by molar-refractivity contribution is -0.140. The van der Waals surface area contributed by atoms with Crippen molar-refractivity contribution in [1.29, 1.82) is 0 Å². The van der Waals surface area contributed by atoms with Gasteiger partial charge in [-0.2, -0.15) is 13.2 Å². The number of aromatic nitrogens is 2. The van der Waals surface area contributed by atoms with Crippen LogP contribution in [0.15, 0.2) is 9.90 Å². The van der Waals surface area contributed by atoms with Crippen molar-refractivity contribution >= 4 is 23.1 Å². The maximum Gasteiger partial charge on any atom is 0.434 e. The van der Waals surface area contributed by atoms with Crippen molar-refractivity contribution in [3.63, 3.8) is 0 Å². The summed E-state index contributed by atoms with van der Waals surface area (Å²) >= 11 is 1.03. The van der Waals surface area contributed by atoms with Crippen LogP contribution in [0.1, 0.15) is 47.8 Å². The molecule has 6 nitrogen and oxygen atoms in total. The van der Waals surface area contributed by atoms with Gasteiger partial charge in [-0.05, 0) is 19.8 Å². The molecule has 0 atom stereocenters. The molecule has 0 unspecified atom stereocenters. The van der Waals surface area contributed by atoms with Crippen molar-refractivity contribution in [1.82, 2.24) is 15.0 Å². The molecule has 0 aromatic carbocycles. The second-order valence-electron chi connectivity index (χ2n) is 6.18. The number of hydrogen-bond donors (Lipinski definition) is 1. The third-order valence-electron chi connectivity index (χ3n) is 4.43. The molecule has 10 heteroatoms. The standard InChI is InChI=1S/C16H19F3N4O2S/c1-3-11-13(9(2)22-25-11)21-15(24)23-6-4-10(5-7-23)14-20-12(8-26-14)16(17,18)19/h8,10H,3-7H2,1-2H3,(H,21,24). The first-order valence-electron chi connectivity index (χ1n) is 8.33. The number of nitrogens with one attached hydrogen (secondary N) is 1. The number of nitrogens with zero attached hydrogens (tertiary/aromatic N) is 3. The molecule has 26 heavy (non-hydrogen) atoms. The summed E-state index contributed by atoms with van der Waals surface area (Å²) < 4.78 is 43.2. The molecule has 1 aliphatic rings. The molecule has 0 bridgehead atoms. The molecule has 1 N–H and O–H groups in total. The molecule has 0 spiro atoms. The van der Waals surface area contributed by atoms with Crippen molar-refractivity contribution in [2.75, 3.05) is 18.4 Å². The second-order valence-corrected chi connectivity index (χ2v) is 7.07. The summed E-state index contributed by atoms with van der Waals surface area (Å²) in [7, 11) is 0. The maximum absolute atomic E-state index is 12.7. The van der Waals surface area contributed by atoms with E-state index in [2.05, 4.69) is 15.5 Å². The quantitative estimate of drug-likeness (QED) is 0.844. The number of hydrogen-bond acceptors (Lipinski definition) is 5. The highest BCUT2D eigenvalue weighted by molar-refractivity contribution is 7.09. The fourth-order valence-electron chi connectivity index (χ4n) is 2.94. The molecule has 3 heterocycles. The second kappa shape index (κ2) is 7.26. The summed E-state index contributed by atoms with van der Waals surface area (Å²) in [5.41, 5.74) is 0.370. The van der Waals surface area contributed by atoms with E-state index in [1.807, 2.05) is 6.92 Å². The summed E-state index contributed by atoms with van der Waals surface area (Å²) in [6.45, 7) is 4.59. The molecule has 1 fully saturated rings. The zero-order valence-electron chi connectivity index (χ0n) is 14.4. The largest absolute Gasteiger partial charge is 0.434 e. The Kier molecular flexibility index (Phi) is 5.22. The van der Waals surface area contributed by atoms with Gasteiger partial charge in [0.15, 0.2) is 11.5 Å². The molecule has 0 aliphatic carbocycles. The van der Waals surface area contributed by atoms with Crippen LogP contribution >= 0.6 is 11.3 Å². The lowest BCUT2D eigenvalue weighted by Gasteiger charge is -2.31. The molecular formula is C16H19F3N4O2S. The van der Waals surface area contributed by atoms with E-state index in [1.54, 1.807) is 11.8 Å². The van der Waals surface area contributed by atoms with E-state index >= 15 is 0 Å². The number of urea groups is 1. The molecule has 3 rings (SSSR count). The van der Waals surface area contributed by atoms with Gasteiger partial charge in [0.25, 0.3) is 0 Å². The molecule has 142 valence electrons. The summed E-state index contributed by atoms with van der Waals surface area (Å²) in [5.74, 6) is 0.567. The summed E-state index contributed by atoms with van der Waals surface area (Å²) in [6, 6.07) is -0.250. The molecule has 1 aliphatic heterocycles. The minimum atomic E-state index is -4.41. The van der Waals surface area contributed by atoms with Crippen molar-refractivity contribution in [2.24, 2.45) is 0 Å². The summed E-state index contributed by atoms with van der Waals surface area (Å²) in [4.78, 5) is 17.8. The van der Waals surface area contributed by atoms with Gasteiger partial charge in [0, 0.05) is 30.8 Å². The van der Waals surface area contributed by atoms with Crippen LogP contribution in [-0.4, -0.2) is 34.2 Å². The average Bonchev–Trinajstić information content (AvgIpc) is 3.23. The minimum Gasteiger partial charge on any atom is -0.359 e. The molecule has 2 amide bonds. The molecule has 1 saturated heterocycles. The number of halogens is 3. The van der Waals surface area contributed by atoms with Gasteiger partial charge >= 0.3 is 12.2 Å². The Hall–Kier alpha value is -2.10. The van der Waals surface area contributed by atoms with Crippen molar-refractivity contribution < 1.29 is 22.5 Å². The normalized spacial score (nSPS) is 16.1. The third-order valence-corrected chi connectivity index (χ3v) is 5.44. The lowest BCUT2D eigenvalue weighted by Crippen LogP contribution is -2.40. The van der Waals surface area contributed by atoms with E-state index in [9.17, 15) is 18.0 Å². The van der Waals surface area contributed by atoms with E-state index in [-0.39, 0.29) is 11.9 Å². The van der Waals surface area contributed by atoms with Crippen LogP contribution in [0, 0.1) is 6.92 Å². The van der Waals surface area contributed by atoms with Gasteiger partial charge in [-0.1, -0.05) is 12.1 Å². The monoisotopic (exact) mass is 388 g/mol. The van der Waals surface area contributed by atoms with Crippen molar-refractivity contribution in [2.45, 2.75) is 45.2 Å². The fourth-order valence-corrected chi connectivity index (χ4v) is 3.94. The zero-order chi connectivity index (χ0) is 18.9. The van der Waals surface area contributed by atoms with Crippen LogP contribution in [0.5, 0.6) is 0 Å². The van der Waals surface area contributed by atoms with Crippen molar-refractivity contribution in [3.05, 3.63) is 27.5 Å². The van der Waals surface area contributed by atoms with E-state index in [4.69, 9.17) is 4.52 Å². The van der Waals surface area contributed by atoms with Gasteiger partial charge in [0.2, 0.25) is 0 Å². The van der Waals surface area contributed by atoms with Gasteiger partial charge in [-0.3, -0.25) is 0 Å². The number of piperidine rings is 1. The lowest BCUT2D eigenvalue weighted by atomic mass is 9.98. The smallest absolute Gasteiger partial charge is 0.359 e. The molecule has 0 saturated carbocycles. The highest BCUT2D eigenvalue weighted by atomic mass is 32.1. The number of alkyl halides is 3. The van der Waals surface area contributed by atoms with Gasteiger partial charge in [0.05, 0.1) is 5.01 Å². The minimum absolute atomic E-state index is 0.0521. The van der Waals surface area contributed by atoms with E-state index in [0.717, 1.165) is 16.7 Å². The zero-order valence-corrected chi connectivity index (χ0v) is 15.2. The van der Waals surface area contributed by atoms with Crippen molar-refractivity contribution in [3.8, 4) is 0 Å². The Bertz CT molecular complexity index is 779. The highest BCUT2D eigenvalue weighted by Gasteiger charge is 2.35. The number of thiazole rings is 1. The number of likely N-dealkylation sites (tertiary alicyclic amines) is 1. The predicted octanol–water partition coefficient (Wildman–Crippen LogP) is 4.43. The summed E-state index contributed by atoms with van der Waals surface area (Å²) in [5, 5.41) is 8.22. The number of anilines is 1.